The molecule has 0 radical (unpaired) electrons. The lowest BCUT2D eigenvalue weighted by molar-refractivity contribution is -0.115. The van der Waals surface area contributed by atoms with Gasteiger partial charge in [0, 0.05) is 12.4 Å². The summed E-state index contributed by atoms with van der Waals surface area (Å²) in [5, 5.41) is 11.6. The number of hydrogen-bond donors (Lipinski definition) is 2. The Balaban J connectivity index is 2.16. The highest BCUT2D eigenvalue weighted by Crippen LogP contribution is 2.32. The van der Waals surface area contributed by atoms with Crippen LogP contribution in [0, 0.1) is 0 Å². The molecule has 5 nitrogen and oxygen atoms in total. The maximum atomic E-state index is 11.9. The number of rotatable bonds is 4. The van der Waals surface area contributed by atoms with Crippen LogP contribution in [0.5, 0.6) is 0 Å². The van der Waals surface area contributed by atoms with Crippen molar-refractivity contribution in [1.82, 2.24) is 4.98 Å². The maximum Gasteiger partial charge on any atom is 0.335 e. The maximum absolute atomic E-state index is 11.9. The third kappa shape index (κ3) is 3.93. The van der Waals surface area contributed by atoms with Crippen LogP contribution in [0.25, 0.3) is 0 Å². The minimum absolute atomic E-state index is 0.0461. The van der Waals surface area contributed by atoms with Gasteiger partial charge < -0.3 is 10.4 Å². The zero-order valence-corrected chi connectivity index (χ0v) is 12.1. The monoisotopic (exact) mass is 324 g/mol. The average Bonchev–Trinajstić information content (AvgIpc) is 2.43. The Kier molecular flexibility index (Phi) is 4.77. The lowest BCUT2D eigenvalue weighted by atomic mass is 10.2. The molecule has 1 amide bonds. The molecule has 1 heterocycles. The zero-order valence-electron chi connectivity index (χ0n) is 10.6. The van der Waals surface area contributed by atoms with Crippen LogP contribution < -0.4 is 5.32 Å². The number of benzene rings is 1. The van der Waals surface area contributed by atoms with E-state index in [4.69, 9.17) is 28.3 Å². The molecule has 7 heteroatoms. The predicted molar refractivity (Wildman–Crippen MR) is 80.0 cm³/mol. The molecule has 0 fully saturated rings. The highest BCUT2D eigenvalue weighted by Gasteiger charge is 2.14. The van der Waals surface area contributed by atoms with Crippen LogP contribution in [0.2, 0.25) is 10.0 Å². The predicted octanol–water partition coefficient (Wildman–Crippen LogP) is 3.27. The van der Waals surface area contributed by atoms with Crippen molar-refractivity contribution in [3.8, 4) is 0 Å². The van der Waals surface area contributed by atoms with Crippen molar-refractivity contribution in [2.24, 2.45) is 0 Å². The van der Waals surface area contributed by atoms with Gasteiger partial charge in [-0.1, -0.05) is 29.3 Å². The molecule has 0 aliphatic heterocycles. The second-order valence-electron chi connectivity index (χ2n) is 4.21. The fourth-order valence-corrected chi connectivity index (χ4v) is 2.27. The first kappa shape index (κ1) is 15.3. The van der Waals surface area contributed by atoms with Gasteiger partial charge in [0.2, 0.25) is 5.91 Å². The molecule has 1 aromatic carbocycles. The molecule has 0 atom stereocenters. The third-order valence-electron chi connectivity index (χ3n) is 2.64. The van der Waals surface area contributed by atoms with Crippen LogP contribution in [0.15, 0.2) is 36.7 Å². The number of halogens is 2. The number of amides is 1. The van der Waals surface area contributed by atoms with Crippen molar-refractivity contribution >= 4 is 40.8 Å². The minimum atomic E-state index is -1.15. The third-order valence-corrected chi connectivity index (χ3v) is 3.24. The summed E-state index contributed by atoms with van der Waals surface area (Å²) in [5.74, 6) is -1.47. The van der Waals surface area contributed by atoms with Gasteiger partial charge in [-0.15, -0.1) is 0 Å². The molecule has 0 aliphatic carbocycles. The number of carbonyl (C=O) groups is 2. The normalized spacial score (nSPS) is 10.2. The summed E-state index contributed by atoms with van der Waals surface area (Å²) in [4.78, 5) is 26.7. The summed E-state index contributed by atoms with van der Waals surface area (Å²) >= 11 is 11.9. The molecule has 21 heavy (non-hydrogen) atoms. The second kappa shape index (κ2) is 6.56. The smallest absolute Gasteiger partial charge is 0.335 e. The van der Waals surface area contributed by atoms with E-state index >= 15 is 0 Å². The van der Waals surface area contributed by atoms with Gasteiger partial charge in [0.15, 0.2) is 0 Å². The molecule has 2 aromatic rings. The standard InChI is InChI=1S/C14H10Cl2N2O3/c15-10-5-9(14(20)21)6-11(16)13(10)18-12(19)4-8-2-1-3-17-7-8/h1-3,5-7H,4H2,(H,18,19)(H,20,21). The molecule has 2 N–H and O–H groups in total. The van der Waals surface area contributed by atoms with Crippen molar-refractivity contribution in [2.75, 3.05) is 5.32 Å². The fourth-order valence-electron chi connectivity index (χ4n) is 1.69. The molecular formula is C14H10Cl2N2O3. The summed E-state index contributed by atoms with van der Waals surface area (Å²) in [7, 11) is 0. The molecule has 1 aromatic heterocycles. The van der Waals surface area contributed by atoms with Crippen molar-refractivity contribution in [2.45, 2.75) is 6.42 Å². The number of carboxylic acid groups (broad SMARTS) is 1. The van der Waals surface area contributed by atoms with Crippen LogP contribution >= 0.6 is 23.2 Å². The Morgan fingerprint density at radius 3 is 2.43 bits per heavy atom. The molecule has 0 aliphatic rings. The van der Waals surface area contributed by atoms with Crippen LogP contribution in [-0.4, -0.2) is 22.0 Å². The van der Waals surface area contributed by atoms with Gasteiger partial charge in [0.1, 0.15) is 0 Å². The highest BCUT2D eigenvalue weighted by atomic mass is 35.5. The zero-order chi connectivity index (χ0) is 15.4. The first-order valence-electron chi connectivity index (χ1n) is 5.88. The molecule has 0 unspecified atom stereocenters. The van der Waals surface area contributed by atoms with Crippen LogP contribution in [0.3, 0.4) is 0 Å². The molecule has 108 valence electrons. The molecular weight excluding hydrogens is 315 g/mol. The number of nitrogens with zero attached hydrogens (tertiary/aromatic N) is 1. The fraction of sp³-hybridized carbons (Fsp3) is 0.0714. The number of aromatic nitrogens is 1. The number of pyridine rings is 1. The molecule has 2 rings (SSSR count). The van der Waals surface area contributed by atoms with Gasteiger partial charge in [0.05, 0.1) is 27.7 Å². The van der Waals surface area contributed by atoms with E-state index in [-0.39, 0.29) is 33.6 Å². The summed E-state index contributed by atoms with van der Waals surface area (Å²) in [6, 6.07) is 5.96. The van der Waals surface area contributed by atoms with Gasteiger partial charge in [0.25, 0.3) is 0 Å². The average molecular weight is 325 g/mol. The van der Waals surface area contributed by atoms with E-state index in [1.54, 1.807) is 24.5 Å². The van der Waals surface area contributed by atoms with Gasteiger partial charge in [-0.3, -0.25) is 9.78 Å². The van der Waals surface area contributed by atoms with Crippen LogP contribution in [0.1, 0.15) is 15.9 Å². The van der Waals surface area contributed by atoms with Gasteiger partial charge in [-0.05, 0) is 23.8 Å². The second-order valence-corrected chi connectivity index (χ2v) is 5.02. The van der Waals surface area contributed by atoms with Gasteiger partial charge in [-0.25, -0.2) is 4.79 Å². The Labute approximate surface area is 130 Å². The van der Waals surface area contributed by atoms with Crippen molar-refractivity contribution < 1.29 is 14.7 Å². The highest BCUT2D eigenvalue weighted by molar-refractivity contribution is 6.40. The largest absolute Gasteiger partial charge is 0.478 e. The first-order chi connectivity index (χ1) is 9.97. The number of hydrogen-bond acceptors (Lipinski definition) is 3. The van der Waals surface area contributed by atoms with E-state index in [9.17, 15) is 9.59 Å². The lowest BCUT2D eigenvalue weighted by Gasteiger charge is -2.10. The van der Waals surface area contributed by atoms with Crippen molar-refractivity contribution in [3.05, 3.63) is 57.8 Å². The number of carboxylic acids is 1. The van der Waals surface area contributed by atoms with E-state index in [2.05, 4.69) is 10.3 Å². The van der Waals surface area contributed by atoms with Crippen LogP contribution in [-0.2, 0) is 11.2 Å². The SMILES string of the molecule is O=C(Cc1cccnc1)Nc1c(Cl)cc(C(=O)O)cc1Cl. The lowest BCUT2D eigenvalue weighted by Crippen LogP contribution is -2.15. The molecule has 0 saturated heterocycles. The number of anilines is 1. The first-order valence-corrected chi connectivity index (χ1v) is 6.64. The molecule has 0 bridgehead atoms. The van der Waals surface area contributed by atoms with E-state index in [1.807, 2.05) is 0 Å². The number of nitrogens with one attached hydrogen (secondary N) is 1. The quantitative estimate of drug-likeness (QED) is 0.904. The van der Waals surface area contributed by atoms with Crippen molar-refractivity contribution in [1.29, 1.82) is 0 Å². The Hall–Kier alpha value is -2.11. The van der Waals surface area contributed by atoms with E-state index in [0.717, 1.165) is 5.56 Å². The minimum Gasteiger partial charge on any atom is -0.478 e. The molecule has 0 saturated carbocycles. The number of carbonyl (C=O) groups excluding carboxylic acids is 1. The Bertz CT molecular complexity index is 667. The summed E-state index contributed by atoms with van der Waals surface area (Å²) in [6.07, 6.45) is 3.30. The van der Waals surface area contributed by atoms with E-state index in [0.29, 0.717) is 0 Å². The Morgan fingerprint density at radius 1 is 1.24 bits per heavy atom. The topological polar surface area (TPSA) is 79.3 Å². The van der Waals surface area contributed by atoms with Gasteiger partial charge in [-0.2, -0.15) is 0 Å². The van der Waals surface area contributed by atoms with Crippen molar-refractivity contribution in [3.63, 3.8) is 0 Å². The summed E-state index contributed by atoms with van der Waals surface area (Å²) in [5.41, 5.74) is 0.886. The van der Waals surface area contributed by atoms with E-state index in [1.165, 1.54) is 12.1 Å². The number of aromatic carboxylic acids is 1. The Morgan fingerprint density at radius 2 is 1.90 bits per heavy atom. The summed E-state index contributed by atoms with van der Waals surface area (Å²) < 4.78 is 0. The van der Waals surface area contributed by atoms with E-state index < -0.39 is 5.97 Å². The summed E-state index contributed by atoms with van der Waals surface area (Å²) in [6.45, 7) is 0. The van der Waals surface area contributed by atoms with Crippen LogP contribution in [0.4, 0.5) is 5.69 Å². The molecule has 0 spiro atoms. The van der Waals surface area contributed by atoms with Gasteiger partial charge >= 0.3 is 5.97 Å².